The number of carbonyl (C=O) groups excluding carboxylic acids is 2. The van der Waals surface area contributed by atoms with Crippen LogP contribution in [0.4, 0.5) is 4.79 Å². The highest BCUT2D eigenvalue weighted by molar-refractivity contribution is 6.07. The molecule has 0 aliphatic carbocycles. The average Bonchev–Trinajstić information content (AvgIpc) is 3.39. The highest BCUT2D eigenvalue weighted by atomic mass is 16.6. The van der Waals surface area contributed by atoms with Crippen molar-refractivity contribution in [3.63, 3.8) is 0 Å². The minimum absolute atomic E-state index is 0.237. The molecule has 2 aliphatic rings. The molecule has 0 radical (unpaired) electrons. The molecule has 1 aromatic heterocycles. The molecule has 5 rings (SSSR count). The van der Waals surface area contributed by atoms with Gasteiger partial charge in [0.15, 0.2) is 0 Å². The maximum absolute atomic E-state index is 13.4. The van der Waals surface area contributed by atoms with Crippen LogP contribution in [0.3, 0.4) is 0 Å². The van der Waals surface area contributed by atoms with Gasteiger partial charge >= 0.3 is 6.09 Å². The van der Waals surface area contributed by atoms with Crippen molar-refractivity contribution in [1.29, 1.82) is 5.26 Å². The topological polar surface area (TPSA) is 87.4 Å². The fourth-order valence-corrected chi connectivity index (χ4v) is 5.11. The lowest BCUT2D eigenvalue weighted by Crippen LogP contribution is -2.29. The Bertz CT molecular complexity index is 1370. The molecule has 0 spiro atoms. The van der Waals surface area contributed by atoms with E-state index in [-0.39, 0.29) is 5.91 Å². The Morgan fingerprint density at radius 2 is 1.89 bits per heavy atom. The SMILES string of the molecule is CC(C)(C)OC(=O)n1c(-c2ccc(C#N)c3c2C(=O)NC3)cc2cc(CN3CCCCC3)ccc21. The normalized spacial score (nSPS) is 16.1. The van der Waals surface area contributed by atoms with Gasteiger partial charge in [0.2, 0.25) is 0 Å². The molecule has 0 bridgehead atoms. The predicted octanol–water partition coefficient (Wildman–Crippen LogP) is 5.19. The molecule has 7 nitrogen and oxygen atoms in total. The number of benzene rings is 2. The summed E-state index contributed by atoms with van der Waals surface area (Å²) in [6.07, 6.45) is 3.25. The molecule has 1 saturated heterocycles. The lowest BCUT2D eigenvalue weighted by atomic mass is 9.96. The van der Waals surface area contributed by atoms with E-state index in [0.717, 1.165) is 30.5 Å². The molecule has 1 fully saturated rings. The van der Waals surface area contributed by atoms with Gasteiger partial charge in [0.05, 0.1) is 28.4 Å². The molecular weight excluding hydrogens is 440 g/mol. The standard InChI is InChI=1S/C28H30N4O3/c1-28(2,3)35-27(34)32-23-10-7-18(17-31-11-5-4-6-12-31)13-20(23)14-24(32)21-9-8-19(15-29)22-16-30-26(33)25(21)22/h7-10,13-14H,4-6,11-12,16-17H2,1-3H3,(H,30,33). The molecule has 3 aromatic rings. The number of nitrogens with zero attached hydrogens (tertiary/aromatic N) is 3. The molecule has 2 aliphatic heterocycles. The first-order valence-electron chi connectivity index (χ1n) is 12.2. The van der Waals surface area contributed by atoms with Gasteiger partial charge in [0.25, 0.3) is 5.91 Å². The molecule has 0 saturated carbocycles. The van der Waals surface area contributed by atoms with Crippen molar-refractivity contribution in [2.45, 2.75) is 58.7 Å². The third-order valence-corrected chi connectivity index (χ3v) is 6.66. The van der Waals surface area contributed by atoms with Crippen molar-refractivity contribution < 1.29 is 14.3 Å². The van der Waals surface area contributed by atoms with E-state index in [1.165, 1.54) is 24.8 Å². The number of likely N-dealkylation sites (tertiary alicyclic amines) is 1. The maximum atomic E-state index is 13.4. The van der Waals surface area contributed by atoms with Gasteiger partial charge in [-0.25, -0.2) is 9.36 Å². The fraction of sp³-hybridized carbons (Fsp3) is 0.393. The number of hydrogen-bond acceptors (Lipinski definition) is 5. The summed E-state index contributed by atoms with van der Waals surface area (Å²) in [5.74, 6) is -0.237. The summed E-state index contributed by atoms with van der Waals surface area (Å²) < 4.78 is 7.31. The molecule has 0 unspecified atom stereocenters. The first kappa shape index (κ1) is 23.1. The van der Waals surface area contributed by atoms with E-state index in [2.05, 4.69) is 28.4 Å². The summed E-state index contributed by atoms with van der Waals surface area (Å²) in [6, 6.07) is 13.7. The van der Waals surface area contributed by atoms with Crippen LogP contribution in [-0.2, 0) is 17.8 Å². The number of nitriles is 1. The Labute approximate surface area is 205 Å². The number of nitrogens with one attached hydrogen (secondary N) is 1. The average molecular weight is 471 g/mol. The second kappa shape index (κ2) is 8.86. The second-order valence-electron chi connectivity index (χ2n) is 10.4. The van der Waals surface area contributed by atoms with Gasteiger partial charge in [-0.2, -0.15) is 5.26 Å². The minimum Gasteiger partial charge on any atom is -0.443 e. The third kappa shape index (κ3) is 4.42. The van der Waals surface area contributed by atoms with Crippen molar-refractivity contribution in [2.24, 2.45) is 0 Å². The van der Waals surface area contributed by atoms with E-state index < -0.39 is 11.7 Å². The first-order valence-corrected chi connectivity index (χ1v) is 12.2. The van der Waals surface area contributed by atoms with Crippen LogP contribution >= 0.6 is 0 Å². The Morgan fingerprint density at radius 3 is 2.60 bits per heavy atom. The Balaban J connectivity index is 1.66. The molecule has 0 atom stereocenters. The number of rotatable bonds is 3. The number of ether oxygens (including phenoxy) is 1. The summed E-state index contributed by atoms with van der Waals surface area (Å²) in [4.78, 5) is 28.7. The monoisotopic (exact) mass is 470 g/mol. The summed E-state index contributed by atoms with van der Waals surface area (Å²) in [5, 5.41) is 13.3. The van der Waals surface area contributed by atoms with Crippen molar-refractivity contribution in [1.82, 2.24) is 14.8 Å². The van der Waals surface area contributed by atoms with Crippen LogP contribution in [0.1, 0.15) is 67.1 Å². The van der Waals surface area contributed by atoms with E-state index in [1.807, 2.05) is 32.9 Å². The van der Waals surface area contributed by atoms with Gasteiger partial charge in [-0.1, -0.05) is 18.6 Å². The summed E-state index contributed by atoms with van der Waals surface area (Å²) >= 11 is 0. The predicted molar refractivity (Wildman–Crippen MR) is 134 cm³/mol. The van der Waals surface area contributed by atoms with E-state index in [9.17, 15) is 14.9 Å². The lowest BCUT2D eigenvalue weighted by Gasteiger charge is -2.26. The number of hydrogen-bond donors (Lipinski definition) is 1. The summed E-state index contributed by atoms with van der Waals surface area (Å²) in [5.41, 5.74) is 4.03. The molecule has 1 N–H and O–H groups in total. The van der Waals surface area contributed by atoms with Gasteiger partial charge in [-0.3, -0.25) is 9.69 Å². The van der Waals surface area contributed by atoms with E-state index >= 15 is 0 Å². The third-order valence-electron chi connectivity index (χ3n) is 6.66. The maximum Gasteiger partial charge on any atom is 0.419 e. The molecule has 7 heteroatoms. The Morgan fingerprint density at radius 1 is 1.11 bits per heavy atom. The number of carbonyl (C=O) groups is 2. The molecule has 1 amide bonds. The molecular formula is C28H30N4O3. The Kier molecular flexibility index (Phi) is 5.86. The second-order valence-corrected chi connectivity index (χ2v) is 10.4. The van der Waals surface area contributed by atoms with Gasteiger partial charge in [0, 0.05) is 29.6 Å². The summed E-state index contributed by atoms with van der Waals surface area (Å²) in [6.45, 7) is 8.89. The highest BCUT2D eigenvalue weighted by Gasteiger charge is 2.30. The van der Waals surface area contributed by atoms with Crippen LogP contribution in [0.15, 0.2) is 36.4 Å². The number of aromatic nitrogens is 1. The van der Waals surface area contributed by atoms with E-state index in [4.69, 9.17) is 4.74 Å². The first-order chi connectivity index (χ1) is 16.7. The smallest absolute Gasteiger partial charge is 0.419 e. The van der Waals surface area contributed by atoms with E-state index in [0.29, 0.717) is 34.5 Å². The van der Waals surface area contributed by atoms with Crippen LogP contribution < -0.4 is 5.32 Å². The number of fused-ring (bicyclic) bond motifs is 2. The quantitative estimate of drug-likeness (QED) is 0.569. The lowest BCUT2D eigenvalue weighted by molar-refractivity contribution is 0.0547. The van der Waals surface area contributed by atoms with Crippen LogP contribution in [0.2, 0.25) is 0 Å². The van der Waals surface area contributed by atoms with Gasteiger partial charge in [-0.05, 0) is 76.5 Å². The van der Waals surface area contributed by atoms with E-state index in [1.54, 1.807) is 16.7 Å². The zero-order valence-electron chi connectivity index (χ0n) is 20.5. The molecule has 2 aromatic carbocycles. The van der Waals surface area contributed by atoms with Crippen molar-refractivity contribution >= 4 is 22.9 Å². The van der Waals surface area contributed by atoms with Gasteiger partial charge in [0.1, 0.15) is 5.60 Å². The Hall–Kier alpha value is -3.63. The minimum atomic E-state index is -0.677. The largest absolute Gasteiger partial charge is 0.443 e. The zero-order chi connectivity index (χ0) is 24.7. The van der Waals surface area contributed by atoms with Crippen molar-refractivity contribution in [3.05, 3.63) is 58.7 Å². The van der Waals surface area contributed by atoms with Crippen LogP contribution in [0, 0.1) is 11.3 Å². The van der Waals surface area contributed by atoms with Gasteiger partial charge < -0.3 is 10.1 Å². The van der Waals surface area contributed by atoms with Crippen molar-refractivity contribution in [3.8, 4) is 17.3 Å². The number of piperidine rings is 1. The highest BCUT2D eigenvalue weighted by Crippen LogP contribution is 2.36. The fourth-order valence-electron chi connectivity index (χ4n) is 5.11. The van der Waals surface area contributed by atoms with Crippen LogP contribution in [-0.4, -0.2) is 40.2 Å². The number of amides is 1. The van der Waals surface area contributed by atoms with Crippen LogP contribution in [0.25, 0.3) is 22.2 Å². The molecule has 3 heterocycles. The van der Waals surface area contributed by atoms with Gasteiger partial charge in [-0.15, -0.1) is 0 Å². The molecule has 35 heavy (non-hydrogen) atoms. The zero-order valence-corrected chi connectivity index (χ0v) is 20.5. The van der Waals surface area contributed by atoms with Crippen molar-refractivity contribution in [2.75, 3.05) is 13.1 Å². The summed E-state index contributed by atoms with van der Waals surface area (Å²) in [7, 11) is 0. The van der Waals surface area contributed by atoms with Crippen LogP contribution in [0.5, 0.6) is 0 Å². The molecule has 180 valence electrons.